The van der Waals surface area contributed by atoms with Crippen LogP contribution in [0.3, 0.4) is 0 Å². The van der Waals surface area contributed by atoms with Crippen molar-refractivity contribution in [1.82, 2.24) is 0 Å². The van der Waals surface area contributed by atoms with Crippen molar-refractivity contribution in [3.63, 3.8) is 0 Å². The van der Waals surface area contributed by atoms with Crippen LogP contribution in [0.2, 0.25) is 13.1 Å². The zero-order valence-corrected chi connectivity index (χ0v) is 10.0. The molecule has 0 heterocycles. The molecule has 1 nitrogen and oxygen atoms in total. The summed E-state index contributed by atoms with van der Waals surface area (Å²) in [7, 11) is -0.871. The largest absolute Gasteiger partial charge is 0.550 e. The third-order valence-corrected chi connectivity index (χ3v) is 2.37. The van der Waals surface area contributed by atoms with Gasteiger partial charge in [-0.3, -0.25) is 0 Å². The van der Waals surface area contributed by atoms with Crippen molar-refractivity contribution in [1.29, 1.82) is 0 Å². The average molecular weight is 186 g/mol. The van der Waals surface area contributed by atoms with Crippen molar-refractivity contribution in [2.45, 2.75) is 52.6 Å². The van der Waals surface area contributed by atoms with Gasteiger partial charge in [0.25, 0.3) is 0 Å². The zero-order valence-electron chi connectivity index (χ0n) is 8.89. The molecule has 0 fully saturated rings. The number of rotatable bonds is 6. The van der Waals surface area contributed by atoms with E-state index in [1.165, 1.54) is 18.6 Å². The SMILES string of the molecule is CCC=C(CCCC)O[SiH](C)C. The van der Waals surface area contributed by atoms with E-state index in [4.69, 9.17) is 4.43 Å². The molecule has 0 rings (SSSR count). The van der Waals surface area contributed by atoms with Gasteiger partial charge in [0.05, 0.1) is 5.76 Å². The molecule has 0 atom stereocenters. The maximum atomic E-state index is 5.79. The molecule has 0 radical (unpaired) electrons. The first-order chi connectivity index (χ1) is 5.70. The maximum absolute atomic E-state index is 5.79. The van der Waals surface area contributed by atoms with E-state index in [1.54, 1.807) is 0 Å². The van der Waals surface area contributed by atoms with Crippen LogP contribution in [0.15, 0.2) is 11.8 Å². The molecule has 0 aromatic rings. The normalized spacial score (nSPS) is 12.2. The highest BCUT2D eigenvalue weighted by Crippen LogP contribution is 2.11. The molecule has 0 aliphatic carbocycles. The topological polar surface area (TPSA) is 9.23 Å². The smallest absolute Gasteiger partial charge is 0.229 e. The predicted octanol–water partition coefficient (Wildman–Crippen LogP) is 3.47. The zero-order chi connectivity index (χ0) is 9.40. The second-order valence-corrected chi connectivity index (χ2v) is 5.68. The molecule has 0 spiro atoms. The Balaban J connectivity index is 3.78. The molecule has 0 unspecified atom stereocenters. The maximum Gasteiger partial charge on any atom is 0.229 e. The lowest BCUT2D eigenvalue weighted by Crippen LogP contribution is -2.07. The lowest BCUT2D eigenvalue weighted by atomic mass is 10.2. The summed E-state index contributed by atoms with van der Waals surface area (Å²) >= 11 is 0. The van der Waals surface area contributed by atoms with Crippen LogP contribution in [0.1, 0.15) is 39.5 Å². The van der Waals surface area contributed by atoms with Gasteiger partial charge in [0.2, 0.25) is 9.04 Å². The lowest BCUT2D eigenvalue weighted by molar-refractivity contribution is 0.408. The summed E-state index contributed by atoms with van der Waals surface area (Å²) in [5, 5.41) is 0. The fourth-order valence-electron chi connectivity index (χ4n) is 1.09. The van der Waals surface area contributed by atoms with Crippen LogP contribution >= 0.6 is 0 Å². The third-order valence-electron chi connectivity index (χ3n) is 1.60. The van der Waals surface area contributed by atoms with Gasteiger partial charge in [-0.25, -0.2) is 0 Å². The first-order valence-electron chi connectivity index (χ1n) is 5.06. The van der Waals surface area contributed by atoms with Gasteiger partial charge < -0.3 is 4.43 Å². The highest BCUT2D eigenvalue weighted by atomic mass is 28.3. The third kappa shape index (κ3) is 6.47. The average Bonchev–Trinajstić information content (AvgIpc) is 2.00. The van der Waals surface area contributed by atoms with Crippen molar-refractivity contribution < 1.29 is 4.43 Å². The minimum absolute atomic E-state index is 0.871. The Morgan fingerprint density at radius 3 is 2.42 bits per heavy atom. The Morgan fingerprint density at radius 2 is 2.00 bits per heavy atom. The molecule has 0 aromatic heterocycles. The van der Waals surface area contributed by atoms with Crippen LogP contribution in [0.25, 0.3) is 0 Å². The van der Waals surface area contributed by atoms with E-state index in [2.05, 4.69) is 33.0 Å². The van der Waals surface area contributed by atoms with Gasteiger partial charge in [-0.1, -0.05) is 20.3 Å². The molecule has 0 saturated heterocycles. The van der Waals surface area contributed by atoms with Gasteiger partial charge in [0.1, 0.15) is 0 Å². The van der Waals surface area contributed by atoms with Crippen LogP contribution in [0.4, 0.5) is 0 Å². The molecule has 0 aliphatic heterocycles. The Kier molecular flexibility index (Phi) is 7.26. The van der Waals surface area contributed by atoms with Crippen LogP contribution in [0.5, 0.6) is 0 Å². The molecule has 2 heteroatoms. The summed E-state index contributed by atoms with van der Waals surface area (Å²) in [5.74, 6) is 1.24. The summed E-state index contributed by atoms with van der Waals surface area (Å²) in [5.41, 5.74) is 0. The van der Waals surface area contributed by atoms with Gasteiger partial charge in [-0.05, 0) is 32.0 Å². The summed E-state index contributed by atoms with van der Waals surface area (Å²) in [4.78, 5) is 0. The Morgan fingerprint density at radius 1 is 1.33 bits per heavy atom. The highest BCUT2D eigenvalue weighted by molar-refractivity contribution is 6.48. The van der Waals surface area contributed by atoms with Crippen molar-refractivity contribution in [2.24, 2.45) is 0 Å². The molecule has 0 amide bonds. The molecule has 0 saturated carbocycles. The Labute approximate surface area is 78.5 Å². The van der Waals surface area contributed by atoms with Crippen molar-refractivity contribution in [3.8, 4) is 0 Å². The van der Waals surface area contributed by atoms with Gasteiger partial charge in [-0.2, -0.15) is 0 Å². The van der Waals surface area contributed by atoms with Crippen LogP contribution in [-0.4, -0.2) is 9.04 Å². The van der Waals surface area contributed by atoms with Gasteiger partial charge in [0.15, 0.2) is 0 Å². The molecule has 12 heavy (non-hydrogen) atoms. The molecule has 0 aliphatic rings. The fourth-order valence-corrected chi connectivity index (χ4v) is 1.91. The van der Waals surface area contributed by atoms with Gasteiger partial charge in [0, 0.05) is 6.42 Å². The monoisotopic (exact) mass is 186 g/mol. The quantitative estimate of drug-likeness (QED) is 0.456. The summed E-state index contributed by atoms with van der Waals surface area (Å²) in [6.07, 6.45) is 6.97. The van der Waals surface area contributed by atoms with E-state index < -0.39 is 9.04 Å². The first-order valence-corrected chi connectivity index (χ1v) is 7.84. The number of hydrogen-bond donors (Lipinski definition) is 0. The molecule has 0 bridgehead atoms. The van der Waals surface area contributed by atoms with E-state index in [1.807, 2.05) is 0 Å². The summed E-state index contributed by atoms with van der Waals surface area (Å²) in [6.45, 7) is 8.82. The van der Waals surface area contributed by atoms with Crippen LogP contribution in [0, 0.1) is 0 Å². The molecule has 0 N–H and O–H groups in total. The van der Waals surface area contributed by atoms with E-state index in [0.717, 1.165) is 12.8 Å². The Hall–Kier alpha value is -0.243. The van der Waals surface area contributed by atoms with Crippen LogP contribution in [-0.2, 0) is 4.43 Å². The molecular formula is C10H22OSi. The number of hydrogen-bond acceptors (Lipinski definition) is 1. The second-order valence-electron chi connectivity index (χ2n) is 3.35. The molecule has 0 aromatic carbocycles. The van der Waals surface area contributed by atoms with Gasteiger partial charge >= 0.3 is 0 Å². The van der Waals surface area contributed by atoms with Gasteiger partial charge in [-0.15, -0.1) is 0 Å². The lowest BCUT2D eigenvalue weighted by Gasteiger charge is -2.13. The standard InChI is InChI=1S/C10H22OSi/c1-5-7-9-10(8-6-2)11-12(3)4/h8,12H,5-7,9H2,1-4H3. The number of allylic oxidation sites excluding steroid dienone is 2. The minimum Gasteiger partial charge on any atom is -0.550 e. The van der Waals surface area contributed by atoms with E-state index in [-0.39, 0.29) is 0 Å². The highest BCUT2D eigenvalue weighted by Gasteiger charge is 2.00. The van der Waals surface area contributed by atoms with E-state index in [9.17, 15) is 0 Å². The number of unbranched alkanes of at least 4 members (excludes halogenated alkanes) is 1. The van der Waals surface area contributed by atoms with Crippen molar-refractivity contribution >= 4 is 9.04 Å². The minimum atomic E-state index is -0.871. The summed E-state index contributed by atoms with van der Waals surface area (Å²) < 4.78 is 5.79. The van der Waals surface area contributed by atoms with E-state index >= 15 is 0 Å². The Bertz CT molecular complexity index is 130. The first kappa shape index (κ1) is 11.8. The van der Waals surface area contributed by atoms with Crippen molar-refractivity contribution in [3.05, 3.63) is 11.8 Å². The van der Waals surface area contributed by atoms with Crippen LogP contribution < -0.4 is 0 Å². The summed E-state index contributed by atoms with van der Waals surface area (Å²) in [6, 6.07) is 0. The second kappa shape index (κ2) is 7.41. The van der Waals surface area contributed by atoms with E-state index in [0.29, 0.717) is 0 Å². The molecule has 72 valence electrons. The predicted molar refractivity (Wildman–Crippen MR) is 57.9 cm³/mol. The van der Waals surface area contributed by atoms with Crippen molar-refractivity contribution in [2.75, 3.05) is 0 Å². The fraction of sp³-hybridized carbons (Fsp3) is 0.800. The molecular weight excluding hydrogens is 164 g/mol.